The fourth-order valence-corrected chi connectivity index (χ4v) is 1.32. The molecule has 0 saturated heterocycles. The number of rotatable bonds is 3. The Morgan fingerprint density at radius 1 is 1.44 bits per heavy atom. The van der Waals surface area contributed by atoms with Crippen LogP contribution in [0.4, 0.5) is 0 Å². The molecule has 1 aromatic rings. The highest BCUT2D eigenvalue weighted by atomic mass is 16.6. The van der Waals surface area contributed by atoms with E-state index in [9.17, 15) is 4.79 Å². The van der Waals surface area contributed by atoms with Crippen LogP contribution in [-0.4, -0.2) is 16.6 Å². The second-order valence-corrected chi connectivity index (χ2v) is 4.96. The molecule has 0 radical (unpaired) electrons. The minimum atomic E-state index is -0.421. The lowest BCUT2D eigenvalue weighted by atomic mass is 10.0. The van der Waals surface area contributed by atoms with E-state index in [2.05, 4.69) is 4.98 Å². The highest BCUT2D eigenvalue weighted by Crippen LogP contribution is 2.13. The number of hydrogen-bond donors (Lipinski definition) is 0. The first kappa shape index (κ1) is 12.7. The standard InChI is InChI=1S/C13H19NO2/c1-10(12(15)16-13(2,3)4)9-11-7-5-6-8-14-11/h5-8,10H,9H2,1-4H3. The Morgan fingerprint density at radius 3 is 2.62 bits per heavy atom. The summed E-state index contributed by atoms with van der Waals surface area (Å²) < 4.78 is 5.30. The summed E-state index contributed by atoms with van der Waals surface area (Å²) in [6.45, 7) is 7.48. The van der Waals surface area contributed by atoms with E-state index >= 15 is 0 Å². The Morgan fingerprint density at radius 2 is 2.12 bits per heavy atom. The summed E-state index contributed by atoms with van der Waals surface area (Å²) in [5.74, 6) is -0.327. The van der Waals surface area contributed by atoms with Crippen LogP contribution in [0.1, 0.15) is 33.4 Å². The molecule has 0 aliphatic rings. The van der Waals surface area contributed by atoms with Crippen molar-refractivity contribution in [1.82, 2.24) is 4.98 Å². The van der Waals surface area contributed by atoms with Crippen molar-refractivity contribution in [1.29, 1.82) is 0 Å². The number of esters is 1. The largest absolute Gasteiger partial charge is 0.460 e. The molecular weight excluding hydrogens is 202 g/mol. The highest BCUT2D eigenvalue weighted by molar-refractivity contribution is 5.72. The van der Waals surface area contributed by atoms with E-state index in [0.29, 0.717) is 6.42 Å². The van der Waals surface area contributed by atoms with Crippen LogP contribution in [0.2, 0.25) is 0 Å². The van der Waals surface area contributed by atoms with Crippen molar-refractivity contribution in [2.24, 2.45) is 5.92 Å². The number of carbonyl (C=O) groups excluding carboxylic acids is 1. The molecule has 0 aliphatic heterocycles. The molecule has 1 rings (SSSR count). The van der Waals surface area contributed by atoms with E-state index in [0.717, 1.165) is 5.69 Å². The monoisotopic (exact) mass is 221 g/mol. The number of aromatic nitrogens is 1. The molecule has 16 heavy (non-hydrogen) atoms. The summed E-state index contributed by atoms with van der Waals surface area (Å²) >= 11 is 0. The van der Waals surface area contributed by atoms with E-state index < -0.39 is 5.60 Å². The molecule has 0 aliphatic carbocycles. The maximum absolute atomic E-state index is 11.7. The molecule has 0 bridgehead atoms. The summed E-state index contributed by atoms with van der Waals surface area (Å²) in [6, 6.07) is 5.70. The zero-order chi connectivity index (χ0) is 12.2. The van der Waals surface area contributed by atoms with Crippen LogP contribution in [-0.2, 0) is 16.0 Å². The smallest absolute Gasteiger partial charge is 0.309 e. The number of hydrogen-bond acceptors (Lipinski definition) is 3. The highest BCUT2D eigenvalue weighted by Gasteiger charge is 2.21. The summed E-state index contributed by atoms with van der Waals surface area (Å²) in [5, 5.41) is 0. The second kappa shape index (κ2) is 5.10. The number of ether oxygens (including phenoxy) is 1. The molecule has 1 unspecified atom stereocenters. The molecule has 0 N–H and O–H groups in total. The lowest BCUT2D eigenvalue weighted by Gasteiger charge is -2.22. The van der Waals surface area contributed by atoms with Gasteiger partial charge >= 0.3 is 5.97 Å². The van der Waals surface area contributed by atoms with Crippen LogP contribution >= 0.6 is 0 Å². The van der Waals surface area contributed by atoms with Gasteiger partial charge in [0.05, 0.1) is 5.92 Å². The molecule has 1 atom stereocenters. The average Bonchev–Trinajstić information content (AvgIpc) is 2.16. The number of pyridine rings is 1. The fraction of sp³-hybridized carbons (Fsp3) is 0.538. The van der Waals surface area contributed by atoms with Crippen molar-refractivity contribution >= 4 is 5.97 Å². The Hall–Kier alpha value is -1.38. The fourth-order valence-electron chi connectivity index (χ4n) is 1.32. The molecule has 3 heteroatoms. The van der Waals surface area contributed by atoms with Gasteiger partial charge in [0.25, 0.3) is 0 Å². The van der Waals surface area contributed by atoms with Gasteiger partial charge in [-0.05, 0) is 32.9 Å². The van der Waals surface area contributed by atoms with Gasteiger partial charge in [0.15, 0.2) is 0 Å². The Balaban J connectivity index is 2.53. The van der Waals surface area contributed by atoms with Gasteiger partial charge in [-0.2, -0.15) is 0 Å². The molecule has 3 nitrogen and oxygen atoms in total. The van der Waals surface area contributed by atoms with Crippen LogP contribution in [0.5, 0.6) is 0 Å². The molecule has 0 spiro atoms. The van der Waals surface area contributed by atoms with Crippen LogP contribution < -0.4 is 0 Å². The summed E-state index contributed by atoms with van der Waals surface area (Å²) in [4.78, 5) is 15.9. The predicted octanol–water partition coefficient (Wildman–Crippen LogP) is 2.60. The van der Waals surface area contributed by atoms with Gasteiger partial charge in [0, 0.05) is 18.3 Å². The van der Waals surface area contributed by atoms with E-state index in [1.807, 2.05) is 45.9 Å². The normalized spacial score (nSPS) is 13.2. The van der Waals surface area contributed by atoms with Gasteiger partial charge in [0.1, 0.15) is 5.60 Å². The van der Waals surface area contributed by atoms with Crippen molar-refractivity contribution in [3.05, 3.63) is 30.1 Å². The second-order valence-electron chi connectivity index (χ2n) is 4.96. The average molecular weight is 221 g/mol. The minimum absolute atomic E-state index is 0.158. The summed E-state index contributed by atoms with van der Waals surface area (Å²) in [5.41, 5.74) is 0.496. The van der Waals surface area contributed by atoms with Crippen LogP contribution in [0.25, 0.3) is 0 Å². The van der Waals surface area contributed by atoms with Crippen molar-refractivity contribution in [3.63, 3.8) is 0 Å². The van der Waals surface area contributed by atoms with Crippen LogP contribution in [0, 0.1) is 5.92 Å². The predicted molar refractivity (Wildman–Crippen MR) is 63.0 cm³/mol. The van der Waals surface area contributed by atoms with E-state index in [1.54, 1.807) is 6.20 Å². The maximum atomic E-state index is 11.7. The molecule has 1 aromatic heterocycles. The van der Waals surface area contributed by atoms with Gasteiger partial charge in [-0.3, -0.25) is 9.78 Å². The van der Waals surface area contributed by atoms with Crippen LogP contribution in [0.15, 0.2) is 24.4 Å². The minimum Gasteiger partial charge on any atom is -0.460 e. The summed E-state index contributed by atoms with van der Waals surface area (Å²) in [7, 11) is 0. The molecule has 1 heterocycles. The lowest BCUT2D eigenvalue weighted by molar-refractivity contribution is -0.159. The SMILES string of the molecule is CC(Cc1ccccn1)C(=O)OC(C)(C)C. The molecule has 0 aromatic carbocycles. The molecule has 88 valence electrons. The molecular formula is C13H19NO2. The van der Waals surface area contributed by atoms with Crippen LogP contribution in [0.3, 0.4) is 0 Å². The first-order valence-electron chi connectivity index (χ1n) is 5.51. The van der Waals surface area contributed by atoms with Gasteiger partial charge in [-0.15, -0.1) is 0 Å². The first-order chi connectivity index (χ1) is 7.38. The Kier molecular flexibility index (Phi) is 4.05. The lowest BCUT2D eigenvalue weighted by Crippen LogP contribution is -2.28. The van der Waals surface area contributed by atoms with E-state index in [-0.39, 0.29) is 11.9 Å². The van der Waals surface area contributed by atoms with Gasteiger partial charge < -0.3 is 4.74 Å². The number of carbonyl (C=O) groups is 1. The number of nitrogens with zero attached hydrogens (tertiary/aromatic N) is 1. The zero-order valence-electron chi connectivity index (χ0n) is 10.4. The molecule has 0 fully saturated rings. The quantitative estimate of drug-likeness (QED) is 0.736. The molecule has 0 amide bonds. The third-order valence-electron chi connectivity index (χ3n) is 2.05. The van der Waals surface area contributed by atoms with E-state index in [4.69, 9.17) is 4.74 Å². The van der Waals surface area contributed by atoms with Crippen molar-refractivity contribution in [2.45, 2.75) is 39.7 Å². The molecule has 0 saturated carbocycles. The zero-order valence-corrected chi connectivity index (χ0v) is 10.4. The van der Waals surface area contributed by atoms with Crippen molar-refractivity contribution in [2.75, 3.05) is 0 Å². The Labute approximate surface area is 96.8 Å². The Bertz CT molecular complexity index is 341. The first-order valence-corrected chi connectivity index (χ1v) is 5.51. The van der Waals surface area contributed by atoms with E-state index in [1.165, 1.54) is 0 Å². The third kappa shape index (κ3) is 4.43. The van der Waals surface area contributed by atoms with Gasteiger partial charge in [-0.25, -0.2) is 0 Å². The van der Waals surface area contributed by atoms with Gasteiger partial charge in [-0.1, -0.05) is 13.0 Å². The third-order valence-corrected chi connectivity index (χ3v) is 2.05. The topological polar surface area (TPSA) is 39.2 Å². The maximum Gasteiger partial charge on any atom is 0.309 e. The van der Waals surface area contributed by atoms with Crippen molar-refractivity contribution in [3.8, 4) is 0 Å². The van der Waals surface area contributed by atoms with Crippen molar-refractivity contribution < 1.29 is 9.53 Å². The van der Waals surface area contributed by atoms with Gasteiger partial charge in [0.2, 0.25) is 0 Å². The summed E-state index contributed by atoms with van der Waals surface area (Å²) in [6.07, 6.45) is 2.35.